The Balaban J connectivity index is 1.63. The van der Waals surface area contributed by atoms with Crippen molar-refractivity contribution < 1.29 is 22.8 Å². The number of aryl methyl sites for hydroxylation is 1. The molecule has 0 radical (unpaired) electrons. The van der Waals surface area contributed by atoms with Crippen molar-refractivity contribution in [1.29, 1.82) is 0 Å². The van der Waals surface area contributed by atoms with Crippen molar-refractivity contribution in [3.05, 3.63) is 68.8 Å². The van der Waals surface area contributed by atoms with Gasteiger partial charge in [0.2, 0.25) is 0 Å². The first-order chi connectivity index (χ1) is 16.0. The van der Waals surface area contributed by atoms with Crippen molar-refractivity contribution >= 4 is 45.8 Å². The van der Waals surface area contributed by atoms with Gasteiger partial charge in [-0.3, -0.25) is 9.59 Å². The van der Waals surface area contributed by atoms with Gasteiger partial charge in [-0.2, -0.15) is 13.2 Å². The zero-order valence-electron chi connectivity index (χ0n) is 18.7. The molecular formula is C25H23Cl2F3N2O2. The zero-order chi connectivity index (χ0) is 24.8. The van der Waals surface area contributed by atoms with Gasteiger partial charge in [0.05, 0.1) is 16.1 Å². The van der Waals surface area contributed by atoms with Crippen LogP contribution in [0, 0.1) is 5.92 Å². The molecule has 1 aliphatic heterocycles. The van der Waals surface area contributed by atoms with Crippen LogP contribution in [0.15, 0.2) is 36.4 Å². The molecule has 1 amide bonds. The van der Waals surface area contributed by atoms with Crippen molar-refractivity contribution in [3.63, 3.8) is 0 Å². The standard InChI is InChI=1S/C25H23Cl2F3N2O2/c1-14(33)15-7-9-32(10-8-15)24(34)19-5-6-21(26)20(23(19)27)13-18-11-16-3-4-17(25(28,29)30)12-22(16)31(18)2/h3-6,11-12,15H,7-10,13H2,1-2H3. The van der Waals surface area contributed by atoms with Crippen LogP contribution in [0.5, 0.6) is 0 Å². The molecule has 0 bridgehead atoms. The van der Waals surface area contributed by atoms with Crippen LogP contribution in [0.25, 0.3) is 10.9 Å². The molecule has 0 aliphatic carbocycles. The summed E-state index contributed by atoms with van der Waals surface area (Å²) < 4.78 is 41.1. The fourth-order valence-electron chi connectivity index (χ4n) is 4.50. The van der Waals surface area contributed by atoms with Gasteiger partial charge in [0.15, 0.2) is 0 Å². The van der Waals surface area contributed by atoms with Crippen LogP contribution in [0.2, 0.25) is 10.0 Å². The van der Waals surface area contributed by atoms with E-state index in [9.17, 15) is 22.8 Å². The number of hydrogen-bond donors (Lipinski definition) is 0. The molecule has 180 valence electrons. The molecule has 34 heavy (non-hydrogen) atoms. The predicted molar refractivity (Wildman–Crippen MR) is 126 cm³/mol. The number of amides is 1. The van der Waals surface area contributed by atoms with Gasteiger partial charge < -0.3 is 9.47 Å². The second-order valence-corrected chi connectivity index (χ2v) is 9.49. The van der Waals surface area contributed by atoms with Gasteiger partial charge in [0.25, 0.3) is 5.91 Å². The number of ketones is 1. The zero-order valence-corrected chi connectivity index (χ0v) is 20.2. The normalized spacial score (nSPS) is 15.2. The van der Waals surface area contributed by atoms with E-state index in [1.165, 1.54) is 6.07 Å². The van der Waals surface area contributed by atoms with Gasteiger partial charge in [-0.1, -0.05) is 29.3 Å². The molecule has 0 saturated carbocycles. The van der Waals surface area contributed by atoms with Crippen LogP contribution in [-0.4, -0.2) is 34.2 Å². The highest BCUT2D eigenvalue weighted by molar-refractivity contribution is 6.38. The molecule has 9 heteroatoms. The predicted octanol–water partition coefficient (Wildman–Crippen LogP) is 6.54. The van der Waals surface area contributed by atoms with E-state index in [2.05, 4.69) is 0 Å². The molecule has 0 spiro atoms. The van der Waals surface area contributed by atoms with Gasteiger partial charge in [0, 0.05) is 48.7 Å². The van der Waals surface area contributed by atoms with Gasteiger partial charge in [-0.05, 0) is 61.0 Å². The highest BCUT2D eigenvalue weighted by Crippen LogP contribution is 2.35. The van der Waals surface area contributed by atoms with Crippen LogP contribution in [-0.2, 0) is 24.4 Å². The molecule has 1 saturated heterocycles. The van der Waals surface area contributed by atoms with E-state index in [4.69, 9.17) is 23.2 Å². The molecule has 0 atom stereocenters. The summed E-state index contributed by atoms with van der Waals surface area (Å²) in [6, 6.07) is 8.61. The van der Waals surface area contributed by atoms with Gasteiger partial charge in [-0.25, -0.2) is 0 Å². The lowest BCUT2D eigenvalue weighted by Crippen LogP contribution is -2.40. The third kappa shape index (κ3) is 4.68. The van der Waals surface area contributed by atoms with Gasteiger partial charge in [-0.15, -0.1) is 0 Å². The van der Waals surface area contributed by atoms with E-state index in [0.29, 0.717) is 58.7 Å². The van der Waals surface area contributed by atoms with E-state index in [1.54, 1.807) is 41.6 Å². The lowest BCUT2D eigenvalue weighted by molar-refractivity contribution is -0.137. The minimum Gasteiger partial charge on any atom is -0.347 e. The number of benzene rings is 2. The van der Waals surface area contributed by atoms with Crippen LogP contribution in [0.1, 0.15) is 46.9 Å². The lowest BCUT2D eigenvalue weighted by atomic mass is 9.93. The van der Waals surface area contributed by atoms with Crippen molar-refractivity contribution in [1.82, 2.24) is 9.47 Å². The van der Waals surface area contributed by atoms with Crippen molar-refractivity contribution in [2.75, 3.05) is 13.1 Å². The Morgan fingerprint density at radius 3 is 2.35 bits per heavy atom. The number of aromatic nitrogens is 1. The molecule has 4 rings (SSSR count). The summed E-state index contributed by atoms with van der Waals surface area (Å²) in [7, 11) is 1.69. The Kier molecular flexibility index (Phi) is 6.71. The molecule has 1 aromatic heterocycles. The van der Waals surface area contributed by atoms with E-state index >= 15 is 0 Å². The number of alkyl halides is 3. The molecular weight excluding hydrogens is 488 g/mol. The summed E-state index contributed by atoms with van der Waals surface area (Å²) >= 11 is 13.1. The second-order valence-electron chi connectivity index (χ2n) is 8.71. The first-order valence-corrected chi connectivity index (χ1v) is 11.6. The summed E-state index contributed by atoms with van der Waals surface area (Å²) in [6.45, 7) is 2.52. The number of likely N-dealkylation sites (tertiary alicyclic amines) is 1. The Morgan fingerprint density at radius 1 is 1.06 bits per heavy atom. The van der Waals surface area contributed by atoms with E-state index in [0.717, 1.165) is 12.1 Å². The number of hydrogen-bond acceptors (Lipinski definition) is 2. The van der Waals surface area contributed by atoms with E-state index in [1.807, 2.05) is 0 Å². The number of halogens is 5. The smallest absolute Gasteiger partial charge is 0.347 e. The molecule has 0 unspecified atom stereocenters. The first kappa shape index (κ1) is 24.6. The summed E-state index contributed by atoms with van der Waals surface area (Å²) in [5.74, 6) is -0.113. The second kappa shape index (κ2) is 9.27. The highest BCUT2D eigenvalue weighted by Gasteiger charge is 2.31. The molecule has 1 aliphatic rings. The maximum Gasteiger partial charge on any atom is 0.416 e. The Morgan fingerprint density at radius 2 is 1.74 bits per heavy atom. The monoisotopic (exact) mass is 510 g/mol. The van der Waals surface area contributed by atoms with Crippen LogP contribution in [0.3, 0.4) is 0 Å². The number of nitrogens with zero attached hydrogens (tertiary/aromatic N) is 2. The van der Waals surface area contributed by atoms with E-state index < -0.39 is 11.7 Å². The van der Waals surface area contributed by atoms with Crippen LogP contribution < -0.4 is 0 Å². The Labute approximate surface area is 205 Å². The summed E-state index contributed by atoms with van der Waals surface area (Å²) in [5.41, 5.74) is 1.29. The summed E-state index contributed by atoms with van der Waals surface area (Å²) in [6.07, 6.45) is -2.94. The van der Waals surface area contributed by atoms with Gasteiger partial charge >= 0.3 is 6.18 Å². The highest BCUT2D eigenvalue weighted by atomic mass is 35.5. The average molecular weight is 511 g/mol. The molecule has 2 heterocycles. The SMILES string of the molecule is CC(=O)C1CCN(C(=O)c2ccc(Cl)c(Cc3cc4ccc(C(F)(F)F)cc4n3C)c2Cl)CC1. The molecule has 2 aromatic carbocycles. The third-order valence-corrected chi connectivity index (χ3v) is 7.39. The lowest BCUT2D eigenvalue weighted by Gasteiger charge is -2.31. The minimum absolute atomic E-state index is 0.0235. The number of Topliss-reactive ketones (excluding diaryl/α,β-unsaturated/α-hetero) is 1. The Bertz CT molecular complexity index is 1280. The van der Waals surface area contributed by atoms with E-state index in [-0.39, 0.29) is 29.1 Å². The van der Waals surface area contributed by atoms with Crippen LogP contribution in [0.4, 0.5) is 13.2 Å². The summed E-state index contributed by atoms with van der Waals surface area (Å²) in [5, 5.41) is 1.27. The number of carbonyl (C=O) groups excluding carboxylic acids is 2. The maximum atomic E-state index is 13.2. The fourth-order valence-corrected chi connectivity index (χ4v) is 5.08. The number of rotatable bonds is 4. The number of piperidine rings is 1. The molecule has 3 aromatic rings. The molecule has 0 N–H and O–H groups in total. The largest absolute Gasteiger partial charge is 0.416 e. The molecule has 1 fully saturated rings. The topological polar surface area (TPSA) is 42.3 Å². The fraction of sp³-hybridized carbons (Fsp3) is 0.360. The van der Waals surface area contributed by atoms with Crippen LogP contribution >= 0.6 is 23.2 Å². The summed E-state index contributed by atoms with van der Waals surface area (Å²) in [4.78, 5) is 26.5. The van der Waals surface area contributed by atoms with Crippen molar-refractivity contribution in [2.24, 2.45) is 13.0 Å². The molecule has 4 nitrogen and oxygen atoms in total. The quantitative estimate of drug-likeness (QED) is 0.400. The van der Waals surface area contributed by atoms with Crippen molar-refractivity contribution in [3.8, 4) is 0 Å². The average Bonchev–Trinajstić information content (AvgIpc) is 3.10. The third-order valence-electron chi connectivity index (χ3n) is 6.60. The van der Waals surface area contributed by atoms with Crippen molar-refractivity contribution in [2.45, 2.75) is 32.4 Å². The Hall–Kier alpha value is -2.51. The first-order valence-electron chi connectivity index (χ1n) is 10.9. The number of carbonyl (C=O) groups is 2. The maximum absolute atomic E-state index is 13.2. The minimum atomic E-state index is -4.43. The number of fused-ring (bicyclic) bond motifs is 1. The van der Waals surface area contributed by atoms with Gasteiger partial charge in [0.1, 0.15) is 5.78 Å².